The van der Waals surface area contributed by atoms with Crippen molar-refractivity contribution in [1.29, 1.82) is 0 Å². The molecule has 0 spiro atoms. The summed E-state index contributed by atoms with van der Waals surface area (Å²) >= 11 is 0. The van der Waals surface area contributed by atoms with Gasteiger partial charge in [0.25, 0.3) is 0 Å². The highest BCUT2D eigenvalue weighted by molar-refractivity contribution is 5.94. The first-order chi connectivity index (χ1) is 17.0. The largest absolute Gasteiger partial charge is 0.508 e. The zero-order chi connectivity index (χ0) is 24.6. The van der Waals surface area contributed by atoms with E-state index >= 15 is 0 Å². The molecule has 3 aromatic carbocycles. The van der Waals surface area contributed by atoms with Crippen LogP contribution in [0.2, 0.25) is 0 Å². The zero-order valence-electron chi connectivity index (χ0n) is 19.8. The SMILES string of the molecule is CCOC(=O)OC[C@H]1O[C@H](c2ccc(C(C)=O)cc2)C=C[C@@H]1Oc1ccc(-c2ccccc2)cc1. The lowest BCUT2D eigenvalue weighted by Gasteiger charge is -2.32. The molecule has 1 aliphatic heterocycles. The predicted octanol–water partition coefficient (Wildman–Crippen LogP) is 6.17. The molecule has 0 bridgehead atoms. The number of rotatable bonds is 8. The van der Waals surface area contributed by atoms with Gasteiger partial charge in [-0.25, -0.2) is 4.79 Å². The summed E-state index contributed by atoms with van der Waals surface area (Å²) in [4.78, 5) is 23.4. The molecule has 0 fully saturated rings. The van der Waals surface area contributed by atoms with Crippen molar-refractivity contribution >= 4 is 11.9 Å². The number of ether oxygens (including phenoxy) is 4. The molecule has 1 aliphatic rings. The molecule has 180 valence electrons. The first kappa shape index (κ1) is 24.2. The highest BCUT2D eigenvalue weighted by atomic mass is 16.7. The molecule has 3 atom stereocenters. The average Bonchev–Trinajstić information content (AvgIpc) is 2.89. The van der Waals surface area contributed by atoms with Crippen molar-refractivity contribution in [1.82, 2.24) is 0 Å². The van der Waals surface area contributed by atoms with E-state index in [1.54, 1.807) is 19.1 Å². The van der Waals surface area contributed by atoms with Crippen molar-refractivity contribution in [2.24, 2.45) is 0 Å². The van der Waals surface area contributed by atoms with Crippen LogP contribution < -0.4 is 4.74 Å². The fourth-order valence-electron chi connectivity index (χ4n) is 3.82. The normalized spacial score (nSPS) is 19.1. The highest BCUT2D eigenvalue weighted by Crippen LogP contribution is 2.30. The van der Waals surface area contributed by atoms with Crippen LogP contribution in [0.5, 0.6) is 5.75 Å². The minimum atomic E-state index is -0.751. The van der Waals surface area contributed by atoms with Crippen LogP contribution in [0.4, 0.5) is 4.79 Å². The van der Waals surface area contributed by atoms with Crippen LogP contribution in [-0.2, 0) is 14.2 Å². The third-order valence-electron chi connectivity index (χ3n) is 5.67. The first-order valence-corrected chi connectivity index (χ1v) is 11.6. The highest BCUT2D eigenvalue weighted by Gasteiger charge is 2.31. The van der Waals surface area contributed by atoms with Gasteiger partial charge in [-0.3, -0.25) is 4.79 Å². The van der Waals surface area contributed by atoms with Gasteiger partial charge in [-0.2, -0.15) is 0 Å². The Morgan fingerprint density at radius 1 is 0.829 bits per heavy atom. The Labute approximate surface area is 205 Å². The van der Waals surface area contributed by atoms with Crippen LogP contribution in [0.1, 0.15) is 35.9 Å². The molecule has 0 unspecified atom stereocenters. The van der Waals surface area contributed by atoms with Crippen LogP contribution in [0.3, 0.4) is 0 Å². The third kappa shape index (κ3) is 6.37. The molecule has 0 saturated carbocycles. The summed E-state index contributed by atoms with van der Waals surface area (Å²) in [6, 6.07) is 25.2. The van der Waals surface area contributed by atoms with E-state index in [-0.39, 0.29) is 25.1 Å². The molecule has 6 nitrogen and oxygen atoms in total. The second-order valence-electron chi connectivity index (χ2n) is 8.13. The zero-order valence-corrected chi connectivity index (χ0v) is 19.8. The second kappa shape index (κ2) is 11.5. The fourth-order valence-corrected chi connectivity index (χ4v) is 3.82. The van der Waals surface area contributed by atoms with E-state index in [1.165, 1.54) is 6.92 Å². The summed E-state index contributed by atoms with van der Waals surface area (Å²) in [6.07, 6.45) is 1.67. The second-order valence-corrected chi connectivity index (χ2v) is 8.13. The number of carbonyl (C=O) groups excluding carboxylic acids is 2. The topological polar surface area (TPSA) is 71.1 Å². The van der Waals surface area contributed by atoms with Crippen molar-refractivity contribution in [3.8, 4) is 16.9 Å². The fraction of sp³-hybridized carbons (Fsp3) is 0.241. The molecule has 0 N–H and O–H groups in total. The Balaban J connectivity index is 1.49. The van der Waals surface area contributed by atoms with Gasteiger partial charge in [0.2, 0.25) is 0 Å². The molecule has 0 aliphatic carbocycles. The maximum absolute atomic E-state index is 11.8. The summed E-state index contributed by atoms with van der Waals surface area (Å²) in [5.74, 6) is 0.678. The molecule has 1 heterocycles. The minimum absolute atomic E-state index is 0.00381. The van der Waals surface area contributed by atoms with Crippen molar-refractivity contribution in [3.05, 3.63) is 102 Å². The molecule has 35 heavy (non-hydrogen) atoms. The summed E-state index contributed by atoms with van der Waals surface area (Å²) in [7, 11) is 0. The molecule has 0 saturated heterocycles. The van der Waals surface area contributed by atoms with Gasteiger partial charge in [0.15, 0.2) is 5.78 Å². The Morgan fingerprint density at radius 2 is 1.51 bits per heavy atom. The van der Waals surface area contributed by atoms with Gasteiger partial charge in [-0.1, -0.05) is 72.8 Å². The lowest BCUT2D eigenvalue weighted by Crippen LogP contribution is -2.40. The van der Waals surface area contributed by atoms with E-state index in [2.05, 4.69) is 12.1 Å². The van der Waals surface area contributed by atoms with E-state index in [4.69, 9.17) is 18.9 Å². The van der Waals surface area contributed by atoms with Crippen molar-refractivity contribution < 1.29 is 28.5 Å². The number of Topliss-reactive ketones (excluding diaryl/α,β-unsaturated/α-hetero) is 1. The van der Waals surface area contributed by atoms with Gasteiger partial charge in [0, 0.05) is 5.56 Å². The summed E-state index contributed by atoms with van der Waals surface area (Å²) in [5.41, 5.74) is 3.73. The number of hydrogen-bond acceptors (Lipinski definition) is 6. The Bertz CT molecular complexity index is 1150. The first-order valence-electron chi connectivity index (χ1n) is 11.6. The van der Waals surface area contributed by atoms with Gasteiger partial charge in [0.05, 0.1) is 6.61 Å². The monoisotopic (exact) mass is 472 g/mol. The third-order valence-corrected chi connectivity index (χ3v) is 5.67. The smallest absolute Gasteiger partial charge is 0.483 e. The van der Waals surface area contributed by atoms with Gasteiger partial charge in [-0.05, 0) is 48.7 Å². The van der Waals surface area contributed by atoms with Crippen LogP contribution in [0, 0.1) is 0 Å². The van der Waals surface area contributed by atoms with E-state index in [1.807, 2.05) is 66.7 Å². The number of benzene rings is 3. The van der Waals surface area contributed by atoms with Gasteiger partial charge < -0.3 is 18.9 Å². The summed E-state index contributed by atoms with van der Waals surface area (Å²) in [5, 5.41) is 0. The quantitative estimate of drug-likeness (QED) is 0.222. The molecule has 6 heteroatoms. The van der Waals surface area contributed by atoms with Crippen LogP contribution in [-0.4, -0.2) is 37.4 Å². The number of ketones is 1. The Hall–Kier alpha value is -3.90. The Kier molecular flexibility index (Phi) is 7.95. The standard InChI is InChI=1S/C29H28O6/c1-3-32-29(31)33-19-28-27(18-17-26(35-28)24-11-9-21(10-12-24)20(2)30)34-25-15-13-23(14-16-25)22-7-5-4-6-8-22/h4-18,26-28H,3,19H2,1-2H3/t26-,27-,28+/m0/s1. The summed E-state index contributed by atoms with van der Waals surface area (Å²) < 4.78 is 22.6. The number of carbonyl (C=O) groups is 2. The lowest BCUT2D eigenvalue weighted by atomic mass is 10.0. The van der Waals surface area contributed by atoms with Crippen molar-refractivity contribution in [2.75, 3.05) is 13.2 Å². The molecular weight excluding hydrogens is 444 g/mol. The van der Waals surface area contributed by atoms with Crippen LogP contribution >= 0.6 is 0 Å². The van der Waals surface area contributed by atoms with Crippen LogP contribution in [0.15, 0.2) is 91.0 Å². The average molecular weight is 473 g/mol. The minimum Gasteiger partial charge on any atom is -0.483 e. The van der Waals surface area contributed by atoms with E-state index < -0.39 is 18.4 Å². The maximum atomic E-state index is 11.8. The van der Waals surface area contributed by atoms with Gasteiger partial charge in [-0.15, -0.1) is 0 Å². The van der Waals surface area contributed by atoms with E-state index in [0.29, 0.717) is 11.3 Å². The summed E-state index contributed by atoms with van der Waals surface area (Å²) in [6.45, 7) is 3.44. The predicted molar refractivity (Wildman–Crippen MR) is 132 cm³/mol. The molecule has 0 amide bonds. The lowest BCUT2D eigenvalue weighted by molar-refractivity contribution is -0.0823. The van der Waals surface area contributed by atoms with Crippen molar-refractivity contribution in [2.45, 2.75) is 32.2 Å². The number of hydrogen-bond donors (Lipinski definition) is 0. The molecule has 3 aromatic rings. The van der Waals surface area contributed by atoms with Gasteiger partial charge in [0.1, 0.15) is 30.7 Å². The van der Waals surface area contributed by atoms with Crippen molar-refractivity contribution in [3.63, 3.8) is 0 Å². The molecule has 0 aromatic heterocycles. The molecular formula is C29H28O6. The maximum Gasteiger partial charge on any atom is 0.508 e. The van der Waals surface area contributed by atoms with Gasteiger partial charge >= 0.3 is 6.16 Å². The van der Waals surface area contributed by atoms with E-state index in [9.17, 15) is 9.59 Å². The molecule has 0 radical (unpaired) electrons. The molecule has 4 rings (SSSR count). The Morgan fingerprint density at radius 3 is 2.17 bits per heavy atom. The van der Waals surface area contributed by atoms with Crippen LogP contribution in [0.25, 0.3) is 11.1 Å². The van der Waals surface area contributed by atoms with E-state index in [0.717, 1.165) is 16.7 Å².